The summed E-state index contributed by atoms with van der Waals surface area (Å²) in [5, 5.41) is 9.41. The Bertz CT molecular complexity index is 860. The van der Waals surface area contributed by atoms with Crippen molar-refractivity contribution in [3.05, 3.63) is 46.7 Å². The molecule has 0 bridgehead atoms. The van der Waals surface area contributed by atoms with Gasteiger partial charge in [-0.2, -0.15) is 9.40 Å². The lowest BCUT2D eigenvalue weighted by atomic mass is 10.2. The number of amides is 1. The molecule has 9 heteroatoms. The van der Waals surface area contributed by atoms with Crippen LogP contribution in [0, 0.1) is 0 Å². The van der Waals surface area contributed by atoms with Crippen molar-refractivity contribution in [2.75, 3.05) is 13.1 Å². The summed E-state index contributed by atoms with van der Waals surface area (Å²) in [6.07, 6.45) is 5.31. The summed E-state index contributed by atoms with van der Waals surface area (Å²) in [4.78, 5) is 12.3. The molecule has 1 saturated heterocycles. The maximum atomic E-state index is 13.0. The second-order valence-electron chi connectivity index (χ2n) is 6.23. The van der Waals surface area contributed by atoms with E-state index in [1.54, 1.807) is 12.3 Å². The van der Waals surface area contributed by atoms with Crippen LogP contribution in [0.1, 0.15) is 41.7 Å². The molecule has 1 aromatic heterocycles. The number of rotatable bonds is 5. The van der Waals surface area contributed by atoms with E-state index in [2.05, 4.69) is 15.5 Å². The zero-order valence-electron chi connectivity index (χ0n) is 14.2. The predicted octanol–water partition coefficient (Wildman–Crippen LogP) is 2.56. The summed E-state index contributed by atoms with van der Waals surface area (Å²) >= 11 is 6.15. The molecular weight excluding hydrogens is 376 g/mol. The smallest absolute Gasteiger partial charge is 0.251 e. The fourth-order valence-electron chi connectivity index (χ4n) is 2.92. The highest BCUT2D eigenvalue weighted by Gasteiger charge is 2.28. The average Bonchev–Trinajstić information content (AvgIpc) is 2.99. The minimum absolute atomic E-state index is 0.0183. The Morgan fingerprint density at radius 1 is 1.19 bits per heavy atom. The fraction of sp³-hybridized carbons (Fsp3) is 0.412. The van der Waals surface area contributed by atoms with Gasteiger partial charge in [0.05, 0.1) is 17.3 Å². The van der Waals surface area contributed by atoms with E-state index in [-0.39, 0.29) is 27.9 Å². The van der Waals surface area contributed by atoms with Gasteiger partial charge in [0.25, 0.3) is 5.91 Å². The van der Waals surface area contributed by atoms with Crippen LogP contribution in [0.15, 0.2) is 35.4 Å². The molecule has 1 aromatic carbocycles. The molecule has 0 atom stereocenters. The number of carbonyl (C=O) groups is 1. The molecule has 0 unspecified atom stereocenters. The van der Waals surface area contributed by atoms with Gasteiger partial charge in [-0.3, -0.25) is 9.89 Å². The number of aromatic amines is 1. The molecule has 0 radical (unpaired) electrons. The van der Waals surface area contributed by atoms with Crippen molar-refractivity contribution in [3.8, 4) is 0 Å². The molecule has 7 nitrogen and oxygen atoms in total. The van der Waals surface area contributed by atoms with Crippen LogP contribution in [-0.2, 0) is 16.6 Å². The Hall–Kier alpha value is -1.90. The van der Waals surface area contributed by atoms with Gasteiger partial charge < -0.3 is 5.32 Å². The molecule has 140 valence electrons. The number of aromatic nitrogens is 2. The van der Waals surface area contributed by atoms with Crippen molar-refractivity contribution < 1.29 is 13.2 Å². The van der Waals surface area contributed by atoms with Crippen LogP contribution in [0.25, 0.3) is 0 Å². The number of H-pyrrole nitrogens is 1. The minimum atomic E-state index is -3.72. The third-order valence-corrected chi connectivity index (χ3v) is 6.75. The monoisotopic (exact) mass is 396 g/mol. The number of nitrogens with zero attached hydrogens (tertiary/aromatic N) is 2. The number of sulfonamides is 1. The molecule has 0 saturated carbocycles. The van der Waals surface area contributed by atoms with Gasteiger partial charge in [0.2, 0.25) is 10.0 Å². The van der Waals surface area contributed by atoms with Gasteiger partial charge in [0.1, 0.15) is 4.90 Å². The first-order chi connectivity index (χ1) is 12.5. The normalized spacial score (nSPS) is 16.2. The van der Waals surface area contributed by atoms with E-state index in [1.165, 1.54) is 22.5 Å². The van der Waals surface area contributed by atoms with Gasteiger partial charge in [-0.25, -0.2) is 8.42 Å². The van der Waals surface area contributed by atoms with E-state index in [9.17, 15) is 13.2 Å². The third kappa shape index (κ3) is 4.25. The number of halogens is 1. The molecule has 0 aliphatic carbocycles. The molecule has 1 fully saturated rings. The first-order valence-electron chi connectivity index (χ1n) is 8.54. The maximum Gasteiger partial charge on any atom is 0.251 e. The summed E-state index contributed by atoms with van der Waals surface area (Å²) in [5.74, 6) is -0.372. The highest BCUT2D eigenvalue weighted by Crippen LogP contribution is 2.27. The maximum absolute atomic E-state index is 13.0. The Morgan fingerprint density at radius 3 is 2.58 bits per heavy atom. The Kier molecular flexibility index (Phi) is 5.95. The number of nitrogens with one attached hydrogen (secondary N) is 2. The van der Waals surface area contributed by atoms with Crippen LogP contribution >= 0.6 is 11.6 Å². The van der Waals surface area contributed by atoms with Crippen molar-refractivity contribution in [2.24, 2.45) is 0 Å². The lowest BCUT2D eigenvalue weighted by molar-refractivity contribution is 0.0950. The predicted molar refractivity (Wildman–Crippen MR) is 98.4 cm³/mol. The second-order valence-corrected chi connectivity index (χ2v) is 8.54. The molecule has 1 amide bonds. The van der Waals surface area contributed by atoms with Gasteiger partial charge in [0, 0.05) is 24.8 Å². The molecule has 0 spiro atoms. The van der Waals surface area contributed by atoms with Gasteiger partial charge in [-0.1, -0.05) is 24.4 Å². The number of hydrogen-bond acceptors (Lipinski definition) is 4. The standard InChI is InChI=1S/C17H21ClN4O3S/c18-15-6-5-13(17(23)19-12-14-7-8-20-21-14)11-16(15)26(24,25)22-9-3-1-2-4-10-22/h5-8,11H,1-4,9-10,12H2,(H,19,23)(H,20,21). The molecule has 26 heavy (non-hydrogen) atoms. The van der Waals surface area contributed by atoms with Crippen LogP contribution in [0.2, 0.25) is 5.02 Å². The van der Waals surface area contributed by atoms with Gasteiger partial charge in [-0.05, 0) is 37.1 Å². The van der Waals surface area contributed by atoms with Crippen LogP contribution in [0.4, 0.5) is 0 Å². The number of benzene rings is 1. The van der Waals surface area contributed by atoms with E-state index in [1.807, 2.05) is 0 Å². The van der Waals surface area contributed by atoms with E-state index in [0.717, 1.165) is 31.4 Å². The van der Waals surface area contributed by atoms with Gasteiger partial charge >= 0.3 is 0 Å². The summed E-state index contributed by atoms with van der Waals surface area (Å²) in [6.45, 7) is 1.24. The van der Waals surface area contributed by atoms with E-state index in [0.29, 0.717) is 13.1 Å². The molecule has 2 N–H and O–H groups in total. The van der Waals surface area contributed by atoms with Crippen LogP contribution in [0.5, 0.6) is 0 Å². The van der Waals surface area contributed by atoms with E-state index in [4.69, 9.17) is 11.6 Å². The third-order valence-electron chi connectivity index (χ3n) is 4.37. The Morgan fingerprint density at radius 2 is 1.92 bits per heavy atom. The fourth-order valence-corrected chi connectivity index (χ4v) is 4.94. The molecular formula is C17H21ClN4O3S. The average molecular weight is 397 g/mol. The topological polar surface area (TPSA) is 95.2 Å². The van der Waals surface area contributed by atoms with E-state index >= 15 is 0 Å². The minimum Gasteiger partial charge on any atom is -0.346 e. The highest BCUT2D eigenvalue weighted by molar-refractivity contribution is 7.89. The Balaban J connectivity index is 1.81. The molecule has 3 rings (SSSR count). The van der Waals surface area contributed by atoms with E-state index < -0.39 is 10.0 Å². The summed E-state index contributed by atoms with van der Waals surface area (Å²) in [7, 11) is -3.72. The Labute approximate surface area is 157 Å². The zero-order valence-corrected chi connectivity index (χ0v) is 15.8. The van der Waals surface area contributed by atoms with Gasteiger partial charge in [-0.15, -0.1) is 0 Å². The molecule has 2 heterocycles. The van der Waals surface area contributed by atoms with Crippen molar-refractivity contribution in [2.45, 2.75) is 37.1 Å². The first-order valence-corrected chi connectivity index (χ1v) is 10.4. The molecule has 1 aliphatic rings. The van der Waals surface area contributed by atoms with Crippen LogP contribution in [-0.4, -0.2) is 41.9 Å². The van der Waals surface area contributed by atoms with Crippen molar-refractivity contribution in [1.82, 2.24) is 19.8 Å². The second kappa shape index (κ2) is 8.20. The quantitative estimate of drug-likeness (QED) is 0.811. The summed E-state index contributed by atoms with van der Waals surface area (Å²) in [6, 6.07) is 6.08. The number of hydrogen-bond donors (Lipinski definition) is 2. The largest absolute Gasteiger partial charge is 0.346 e. The van der Waals surface area contributed by atoms with Crippen molar-refractivity contribution >= 4 is 27.5 Å². The number of carbonyl (C=O) groups excluding carboxylic acids is 1. The summed E-state index contributed by atoms with van der Waals surface area (Å²) in [5.41, 5.74) is 1.01. The van der Waals surface area contributed by atoms with Crippen molar-refractivity contribution in [3.63, 3.8) is 0 Å². The molecule has 1 aliphatic heterocycles. The molecule has 2 aromatic rings. The van der Waals surface area contributed by atoms with Crippen LogP contribution < -0.4 is 5.32 Å². The zero-order chi connectivity index (χ0) is 18.6. The SMILES string of the molecule is O=C(NCc1ccn[nH]1)c1ccc(Cl)c(S(=O)(=O)N2CCCCCC2)c1. The summed E-state index contributed by atoms with van der Waals surface area (Å²) < 4.78 is 27.4. The van der Waals surface area contributed by atoms with Crippen molar-refractivity contribution in [1.29, 1.82) is 0 Å². The van der Waals surface area contributed by atoms with Crippen LogP contribution in [0.3, 0.4) is 0 Å². The first kappa shape index (κ1) is 18.9. The highest BCUT2D eigenvalue weighted by atomic mass is 35.5. The lowest BCUT2D eigenvalue weighted by Gasteiger charge is -2.21. The van der Waals surface area contributed by atoms with Gasteiger partial charge in [0.15, 0.2) is 0 Å². The lowest BCUT2D eigenvalue weighted by Crippen LogP contribution is -2.32.